The van der Waals surface area contributed by atoms with Crippen molar-refractivity contribution >= 4 is 77.5 Å². The Hall–Kier alpha value is -8.66. The SMILES string of the molecule is c1ccc(-c2cccc(N(c3ccccc3)c3cccc(N(c4ccc5cc(-c6cccc7ccccc67)ccc5c4)c4ccc5c(c4)c4ccccc4n5-c4ccccc4)c3)c2)cc1. The van der Waals surface area contributed by atoms with Crippen LogP contribution < -0.4 is 9.80 Å². The van der Waals surface area contributed by atoms with E-state index in [-0.39, 0.29) is 0 Å². The van der Waals surface area contributed by atoms with E-state index in [1.807, 2.05) is 0 Å². The summed E-state index contributed by atoms with van der Waals surface area (Å²) in [5.41, 5.74) is 14.8. The number of fused-ring (bicyclic) bond motifs is 5. The molecule has 0 saturated heterocycles. The molecule has 0 unspecified atom stereocenters. The highest BCUT2D eigenvalue weighted by atomic mass is 15.2. The summed E-state index contributed by atoms with van der Waals surface area (Å²) in [7, 11) is 0. The van der Waals surface area contributed by atoms with Gasteiger partial charge in [-0.15, -0.1) is 0 Å². The van der Waals surface area contributed by atoms with E-state index < -0.39 is 0 Å². The van der Waals surface area contributed by atoms with Crippen molar-refractivity contribution in [2.75, 3.05) is 9.80 Å². The Labute approximate surface area is 378 Å². The van der Waals surface area contributed by atoms with E-state index >= 15 is 0 Å². The van der Waals surface area contributed by atoms with Crippen LogP contribution in [-0.4, -0.2) is 4.57 Å². The van der Waals surface area contributed by atoms with Gasteiger partial charge in [0.2, 0.25) is 0 Å². The third-order valence-corrected chi connectivity index (χ3v) is 12.7. The first-order valence-electron chi connectivity index (χ1n) is 22.3. The Bertz CT molecular complexity index is 3660. The molecule has 0 aliphatic heterocycles. The quantitative estimate of drug-likeness (QED) is 0.144. The zero-order chi connectivity index (χ0) is 43.1. The summed E-state index contributed by atoms with van der Waals surface area (Å²) >= 11 is 0. The van der Waals surface area contributed by atoms with Crippen molar-refractivity contribution in [2.45, 2.75) is 0 Å². The molecule has 0 amide bonds. The zero-order valence-electron chi connectivity index (χ0n) is 35.7. The van der Waals surface area contributed by atoms with Gasteiger partial charge in [-0.25, -0.2) is 0 Å². The van der Waals surface area contributed by atoms with Crippen LogP contribution in [0.3, 0.4) is 0 Å². The molecule has 1 aromatic heterocycles. The molecule has 0 spiro atoms. The van der Waals surface area contributed by atoms with E-state index in [0.29, 0.717) is 0 Å². The van der Waals surface area contributed by atoms with Crippen molar-refractivity contribution in [3.63, 3.8) is 0 Å². The number of hydrogen-bond donors (Lipinski definition) is 0. The average Bonchev–Trinajstić information content (AvgIpc) is 3.71. The topological polar surface area (TPSA) is 11.4 Å². The normalized spacial score (nSPS) is 11.4. The van der Waals surface area contributed by atoms with Crippen LogP contribution in [0.2, 0.25) is 0 Å². The molecule has 0 aliphatic rings. The van der Waals surface area contributed by atoms with Crippen LogP contribution in [0.1, 0.15) is 0 Å². The fourth-order valence-corrected chi connectivity index (χ4v) is 9.67. The Morgan fingerprint density at radius 3 is 1.58 bits per heavy atom. The maximum Gasteiger partial charge on any atom is 0.0542 e. The molecule has 306 valence electrons. The second kappa shape index (κ2) is 16.2. The number of hydrogen-bond acceptors (Lipinski definition) is 2. The monoisotopic (exact) mass is 829 g/mol. The minimum absolute atomic E-state index is 1.06. The van der Waals surface area contributed by atoms with Crippen molar-refractivity contribution in [1.29, 1.82) is 0 Å². The fraction of sp³-hybridized carbons (Fsp3) is 0. The lowest BCUT2D eigenvalue weighted by Gasteiger charge is -2.30. The molecular formula is C62H43N3. The van der Waals surface area contributed by atoms with E-state index in [9.17, 15) is 0 Å². The third-order valence-electron chi connectivity index (χ3n) is 12.7. The van der Waals surface area contributed by atoms with Gasteiger partial charge >= 0.3 is 0 Å². The summed E-state index contributed by atoms with van der Waals surface area (Å²) in [6, 6.07) is 94.4. The number of nitrogens with zero attached hydrogens (tertiary/aromatic N) is 3. The van der Waals surface area contributed by atoms with Crippen molar-refractivity contribution in [3.8, 4) is 27.9 Å². The first-order chi connectivity index (χ1) is 32.2. The van der Waals surface area contributed by atoms with Gasteiger partial charge in [-0.3, -0.25) is 0 Å². The summed E-state index contributed by atoms with van der Waals surface area (Å²) in [4.78, 5) is 4.78. The number of rotatable bonds is 9. The van der Waals surface area contributed by atoms with Crippen molar-refractivity contribution in [3.05, 3.63) is 261 Å². The van der Waals surface area contributed by atoms with Crippen molar-refractivity contribution in [1.82, 2.24) is 4.57 Å². The molecule has 12 rings (SSSR count). The molecule has 3 heteroatoms. The summed E-state index contributed by atoms with van der Waals surface area (Å²) in [6.45, 7) is 0. The lowest BCUT2D eigenvalue weighted by Crippen LogP contribution is -2.13. The molecule has 0 atom stereocenters. The number of aromatic nitrogens is 1. The molecule has 0 radical (unpaired) electrons. The minimum Gasteiger partial charge on any atom is -0.310 e. The maximum atomic E-state index is 2.42. The third kappa shape index (κ3) is 6.97. The van der Waals surface area contributed by atoms with Crippen LogP contribution in [0.5, 0.6) is 0 Å². The first-order valence-corrected chi connectivity index (χ1v) is 22.3. The lowest BCUT2D eigenvalue weighted by atomic mass is 9.96. The van der Waals surface area contributed by atoms with Gasteiger partial charge in [-0.2, -0.15) is 0 Å². The molecule has 0 aliphatic carbocycles. The standard InChI is InChI=1S/C62H43N3/c1-4-17-44(18-5-1)46-21-14-26-52(40-46)63(50-22-6-2-7-23-50)53-27-16-28-54(42-53)64(56-37-38-62-60(43-56)59-30-12-13-32-61(59)65(62)51-24-8-3-9-25-51)55-36-35-47-39-49(34-33-48(47)41-55)58-31-15-20-45-19-10-11-29-57(45)58/h1-43H. The smallest absolute Gasteiger partial charge is 0.0542 e. The van der Waals surface area contributed by atoms with Gasteiger partial charge in [0.15, 0.2) is 0 Å². The summed E-state index contributed by atoms with van der Waals surface area (Å²) in [6.07, 6.45) is 0. The van der Waals surface area contributed by atoms with E-state index in [1.165, 1.54) is 65.6 Å². The Kier molecular flexibility index (Phi) is 9.50. The molecule has 0 fully saturated rings. The second-order valence-electron chi connectivity index (χ2n) is 16.6. The van der Waals surface area contributed by atoms with Crippen LogP contribution in [0, 0.1) is 0 Å². The molecule has 0 bridgehead atoms. The van der Waals surface area contributed by atoms with Crippen molar-refractivity contribution in [2.24, 2.45) is 0 Å². The van der Waals surface area contributed by atoms with Gasteiger partial charge in [0.1, 0.15) is 0 Å². The van der Waals surface area contributed by atoms with Crippen LogP contribution >= 0.6 is 0 Å². The minimum atomic E-state index is 1.06. The predicted molar refractivity (Wildman–Crippen MR) is 276 cm³/mol. The predicted octanol–water partition coefficient (Wildman–Crippen LogP) is 17.4. The van der Waals surface area contributed by atoms with Crippen molar-refractivity contribution < 1.29 is 0 Å². The molecule has 0 saturated carbocycles. The van der Waals surface area contributed by atoms with E-state index in [1.54, 1.807) is 0 Å². The molecule has 0 N–H and O–H groups in total. The van der Waals surface area contributed by atoms with Crippen LogP contribution in [0.25, 0.3) is 71.3 Å². The van der Waals surface area contributed by atoms with E-state index in [2.05, 4.69) is 275 Å². The summed E-state index contributed by atoms with van der Waals surface area (Å²) < 4.78 is 2.38. The van der Waals surface area contributed by atoms with Crippen LogP contribution in [0.15, 0.2) is 261 Å². The van der Waals surface area contributed by atoms with Crippen LogP contribution in [-0.2, 0) is 0 Å². The van der Waals surface area contributed by atoms with Gasteiger partial charge < -0.3 is 14.4 Å². The first kappa shape index (κ1) is 38.0. The molecule has 1 heterocycles. The highest BCUT2D eigenvalue weighted by molar-refractivity contribution is 6.11. The lowest BCUT2D eigenvalue weighted by molar-refractivity contribution is 1.18. The van der Waals surface area contributed by atoms with Gasteiger partial charge in [-0.05, 0) is 141 Å². The van der Waals surface area contributed by atoms with Crippen LogP contribution in [0.4, 0.5) is 34.1 Å². The van der Waals surface area contributed by atoms with Gasteiger partial charge in [0.05, 0.1) is 11.0 Å². The number of para-hydroxylation sites is 3. The Balaban J connectivity index is 1.04. The van der Waals surface area contributed by atoms with Gasteiger partial charge in [0, 0.05) is 50.6 Å². The highest BCUT2D eigenvalue weighted by Gasteiger charge is 2.20. The number of anilines is 6. The second-order valence-corrected chi connectivity index (χ2v) is 16.6. The Morgan fingerprint density at radius 1 is 0.246 bits per heavy atom. The molecule has 11 aromatic carbocycles. The maximum absolute atomic E-state index is 2.42. The van der Waals surface area contributed by atoms with Gasteiger partial charge in [0.25, 0.3) is 0 Å². The number of benzene rings is 11. The molecule has 65 heavy (non-hydrogen) atoms. The fourth-order valence-electron chi connectivity index (χ4n) is 9.67. The largest absolute Gasteiger partial charge is 0.310 e. The van der Waals surface area contributed by atoms with E-state index in [4.69, 9.17) is 0 Å². The highest BCUT2D eigenvalue weighted by Crippen LogP contribution is 2.44. The molecule has 12 aromatic rings. The van der Waals surface area contributed by atoms with Gasteiger partial charge in [-0.1, -0.05) is 164 Å². The summed E-state index contributed by atoms with van der Waals surface area (Å²) in [5.74, 6) is 0. The molecule has 3 nitrogen and oxygen atoms in total. The zero-order valence-corrected chi connectivity index (χ0v) is 35.7. The summed E-state index contributed by atoms with van der Waals surface area (Å²) in [5, 5.41) is 7.30. The van der Waals surface area contributed by atoms with E-state index in [0.717, 1.165) is 39.8 Å². The molecular weight excluding hydrogens is 787 g/mol. The Morgan fingerprint density at radius 2 is 0.769 bits per heavy atom. The average molecular weight is 830 g/mol.